The lowest BCUT2D eigenvalue weighted by Gasteiger charge is -2.09. The molecule has 1 heterocycles. The van der Waals surface area contributed by atoms with Crippen molar-refractivity contribution in [1.82, 2.24) is 9.97 Å². The van der Waals surface area contributed by atoms with Crippen LogP contribution in [-0.4, -0.2) is 42.5 Å². The normalized spacial score (nSPS) is 10.3. The minimum Gasteiger partial charge on any atom is -0.493 e. The van der Waals surface area contributed by atoms with E-state index in [1.807, 2.05) is 6.07 Å². The topological polar surface area (TPSA) is 114 Å². The Morgan fingerprint density at radius 2 is 1.66 bits per heavy atom. The maximum absolute atomic E-state index is 12.1. The van der Waals surface area contributed by atoms with Crippen LogP contribution in [0.3, 0.4) is 0 Å². The molecule has 0 aliphatic carbocycles. The van der Waals surface area contributed by atoms with Crippen LogP contribution in [0.1, 0.15) is 22.3 Å². The van der Waals surface area contributed by atoms with Gasteiger partial charge in [-0.05, 0) is 54.8 Å². The highest BCUT2D eigenvalue weighted by Crippen LogP contribution is 2.24. The average molecular weight is 452 g/mol. The molecular weight excluding hydrogens is 430 g/mol. The quantitative estimate of drug-likeness (QED) is 0.227. The van der Waals surface area contributed by atoms with Crippen molar-refractivity contribution in [3.05, 3.63) is 70.0 Å². The number of rotatable bonds is 9. The molecule has 0 bridgehead atoms. The number of aromatic nitrogens is 2. The summed E-state index contributed by atoms with van der Waals surface area (Å²) in [4.78, 5) is 30.4. The van der Waals surface area contributed by atoms with Crippen molar-refractivity contribution in [3.63, 3.8) is 0 Å². The number of aromatic amines is 1. The molecule has 0 fully saturated rings. The number of methoxy groups -OCH3 is 1. The van der Waals surface area contributed by atoms with E-state index >= 15 is 0 Å². The van der Waals surface area contributed by atoms with Crippen LogP contribution in [-0.2, 0) is 4.74 Å². The number of nitrogens with one attached hydrogen (secondary N) is 1. The largest absolute Gasteiger partial charge is 0.493 e. The maximum Gasteiger partial charge on any atom is 0.337 e. The summed E-state index contributed by atoms with van der Waals surface area (Å²) >= 11 is 1.30. The van der Waals surface area contributed by atoms with E-state index in [-0.39, 0.29) is 11.5 Å². The summed E-state index contributed by atoms with van der Waals surface area (Å²) in [6.45, 7) is 0.901. The Morgan fingerprint density at radius 1 is 1.06 bits per heavy atom. The SMILES string of the molecule is COC(=O)c1ccc(OCCCOc2ccc(-c3nc(SC)[nH]c(=O)c3C#N)cc2)cc1. The molecular formula is C23H21N3O5S. The van der Waals surface area contributed by atoms with E-state index in [9.17, 15) is 14.9 Å². The maximum atomic E-state index is 12.1. The van der Waals surface area contributed by atoms with Gasteiger partial charge in [0.25, 0.3) is 5.56 Å². The molecule has 2 aromatic carbocycles. The van der Waals surface area contributed by atoms with Gasteiger partial charge in [-0.25, -0.2) is 9.78 Å². The van der Waals surface area contributed by atoms with Crippen LogP contribution in [0.15, 0.2) is 58.5 Å². The second-order valence-electron chi connectivity index (χ2n) is 6.50. The smallest absolute Gasteiger partial charge is 0.337 e. The third-order valence-electron chi connectivity index (χ3n) is 4.43. The van der Waals surface area contributed by atoms with Crippen molar-refractivity contribution in [2.75, 3.05) is 26.6 Å². The third kappa shape index (κ3) is 5.68. The fraction of sp³-hybridized carbons (Fsp3) is 0.217. The molecule has 0 unspecified atom stereocenters. The van der Waals surface area contributed by atoms with Crippen molar-refractivity contribution in [2.45, 2.75) is 11.6 Å². The zero-order chi connectivity index (χ0) is 22.9. The zero-order valence-corrected chi connectivity index (χ0v) is 18.4. The van der Waals surface area contributed by atoms with Gasteiger partial charge in [0.1, 0.15) is 23.1 Å². The Morgan fingerprint density at radius 3 is 2.19 bits per heavy atom. The lowest BCUT2D eigenvalue weighted by molar-refractivity contribution is 0.0600. The van der Waals surface area contributed by atoms with Crippen molar-refractivity contribution < 1.29 is 19.0 Å². The molecule has 0 atom stereocenters. The molecule has 0 spiro atoms. The Bertz CT molecular complexity index is 1170. The fourth-order valence-electron chi connectivity index (χ4n) is 2.81. The van der Waals surface area contributed by atoms with Gasteiger partial charge in [0, 0.05) is 12.0 Å². The number of carbonyl (C=O) groups excluding carboxylic acids is 1. The van der Waals surface area contributed by atoms with Gasteiger partial charge in [-0.1, -0.05) is 11.8 Å². The van der Waals surface area contributed by atoms with Gasteiger partial charge in [-0.2, -0.15) is 5.26 Å². The highest BCUT2D eigenvalue weighted by Gasteiger charge is 2.13. The molecule has 0 aliphatic heterocycles. The van der Waals surface area contributed by atoms with Crippen molar-refractivity contribution in [2.24, 2.45) is 0 Å². The van der Waals surface area contributed by atoms with Gasteiger partial charge in [0.05, 0.1) is 31.6 Å². The molecule has 0 saturated carbocycles. The highest BCUT2D eigenvalue weighted by molar-refractivity contribution is 7.98. The lowest BCUT2D eigenvalue weighted by atomic mass is 10.1. The van der Waals surface area contributed by atoms with E-state index in [0.29, 0.717) is 53.1 Å². The van der Waals surface area contributed by atoms with Crippen LogP contribution in [0.2, 0.25) is 0 Å². The monoisotopic (exact) mass is 451 g/mol. The summed E-state index contributed by atoms with van der Waals surface area (Å²) in [5.74, 6) is 0.925. The predicted molar refractivity (Wildman–Crippen MR) is 120 cm³/mol. The number of nitrogens with zero attached hydrogens (tertiary/aromatic N) is 2. The minimum atomic E-state index is -0.456. The minimum absolute atomic E-state index is 0.0202. The number of thioether (sulfide) groups is 1. The van der Waals surface area contributed by atoms with E-state index in [2.05, 4.69) is 14.7 Å². The number of nitriles is 1. The molecule has 3 aromatic rings. The number of carbonyl (C=O) groups is 1. The lowest BCUT2D eigenvalue weighted by Crippen LogP contribution is -2.14. The molecule has 164 valence electrons. The molecule has 3 rings (SSSR count). The fourth-order valence-corrected chi connectivity index (χ4v) is 3.19. The van der Waals surface area contributed by atoms with E-state index in [0.717, 1.165) is 0 Å². The highest BCUT2D eigenvalue weighted by atomic mass is 32.2. The van der Waals surface area contributed by atoms with E-state index in [1.54, 1.807) is 54.8 Å². The first-order valence-corrected chi connectivity index (χ1v) is 10.9. The first-order chi connectivity index (χ1) is 15.5. The van der Waals surface area contributed by atoms with Gasteiger partial charge >= 0.3 is 5.97 Å². The van der Waals surface area contributed by atoms with Crippen LogP contribution >= 0.6 is 11.8 Å². The predicted octanol–water partition coefficient (Wildman–Crippen LogP) is 3.66. The number of benzene rings is 2. The molecule has 0 aliphatic rings. The first kappa shape index (κ1) is 22.9. The van der Waals surface area contributed by atoms with Crippen LogP contribution in [0, 0.1) is 11.3 Å². The zero-order valence-electron chi connectivity index (χ0n) is 17.6. The summed E-state index contributed by atoms with van der Waals surface area (Å²) in [6.07, 6.45) is 2.46. The first-order valence-electron chi connectivity index (χ1n) is 9.68. The number of H-pyrrole nitrogens is 1. The molecule has 0 saturated heterocycles. The van der Waals surface area contributed by atoms with E-state index in [1.165, 1.54) is 18.9 Å². The molecule has 9 heteroatoms. The second kappa shape index (κ2) is 11.0. The Hall–Kier alpha value is -3.77. The van der Waals surface area contributed by atoms with Gasteiger partial charge in [-0.3, -0.25) is 4.79 Å². The molecule has 0 amide bonds. The van der Waals surface area contributed by atoms with Gasteiger partial charge in [-0.15, -0.1) is 0 Å². The van der Waals surface area contributed by atoms with Crippen molar-refractivity contribution in [1.29, 1.82) is 5.26 Å². The molecule has 1 aromatic heterocycles. The Labute approximate surface area is 189 Å². The standard InChI is InChI=1S/C23H21N3O5S/c1-29-22(28)16-6-10-18(11-7-16)31-13-3-12-30-17-8-4-15(5-9-17)20-19(14-24)21(27)26-23(25-20)32-2/h4-11H,3,12-13H2,1-2H3,(H,25,26,27). The van der Waals surface area contributed by atoms with Crippen LogP contribution in [0.4, 0.5) is 0 Å². The van der Waals surface area contributed by atoms with Crippen molar-refractivity contribution in [3.8, 4) is 28.8 Å². The van der Waals surface area contributed by atoms with E-state index < -0.39 is 5.56 Å². The average Bonchev–Trinajstić information content (AvgIpc) is 2.83. The molecule has 0 radical (unpaired) electrons. The van der Waals surface area contributed by atoms with Gasteiger partial charge in [0.15, 0.2) is 5.16 Å². The Kier molecular flexibility index (Phi) is 7.89. The van der Waals surface area contributed by atoms with Crippen LogP contribution < -0.4 is 15.0 Å². The summed E-state index contributed by atoms with van der Waals surface area (Å²) in [5.41, 5.74) is 0.997. The number of ether oxygens (including phenoxy) is 3. The van der Waals surface area contributed by atoms with Gasteiger partial charge < -0.3 is 19.2 Å². The van der Waals surface area contributed by atoms with Gasteiger partial charge in [0.2, 0.25) is 0 Å². The van der Waals surface area contributed by atoms with Crippen LogP contribution in [0.5, 0.6) is 11.5 Å². The van der Waals surface area contributed by atoms with Crippen molar-refractivity contribution >= 4 is 17.7 Å². The summed E-state index contributed by atoms with van der Waals surface area (Å²) in [5, 5.41) is 9.75. The molecule has 32 heavy (non-hydrogen) atoms. The van der Waals surface area contributed by atoms with E-state index in [4.69, 9.17) is 9.47 Å². The second-order valence-corrected chi connectivity index (χ2v) is 7.30. The number of hydrogen-bond donors (Lipinski definition) is 1. The number of hydrogen-bond acceptors (Lipinski definition) is 8. The summed E-state index contributed by atoms with van der Waals surface area (Å²) < 4.78 is 16.0. The molecule has 8 nitrogen and oxygen atoms in total. The Balaban J connectivity index is 1.52. The summed E-state index contributed by atoms with van der Waals surface area (Å²) in [6, 6.07) is 15.7. The van der Waals surface area contributed by atoms with Crippen LogP contribution in [0.25, 0.3) is 11.3 Å². The molecule has 1 N–H and O–H groups in total. The third-order valence-corrected chi connectivity index (χ3v) is 5.01. The number of esters is 1. The summed E-state index contributed by atoms with van der Waals surface area (Å²) in [7, 11) is 1.34.